The number of hydrogen-bond acceptors (Lipinski definition) is 4. The molecule has 4 nitrogen and oxygen atoms in total. The van der Waals surface area contributed by atoms with Crippen LogP contribution in [0.4, 0.5) is 0 Å². The van der Waals surface area contributed by atoms with Crippen molar-refractivity contribution in [2.24, 2.45) is 11.8 Å². The third-order valence-electron chi connectivity index (χ3n) is 6.11. The van der Waals surface area contributed by atoms with Crippen LogP contribution < -0.4 is 4.74 Å². The van der Waals surface area contributed by atoms with E-state index in [1.165, 1.54) is 0 Å². The van der Waals surface area contributed by atoms with Crippen LogP contribution in [0, 0.1) is 25.7 Å². The van der Waals surface area contributed by atoms with Crippen LogP contribution in [0.3, 0.4) is 0 Å². The number of ketones is 1. The standard InChI is InChI=1S/C25H27ClO4/c1-15-11-21(30-20-5-3-19(26)4-6-20)12-16(2)23(15)24-22(27)14-18(25(24)28)13-17-7-9-29-10-8-17/h3-6,11-12,17-18,27H,7-10,13-14H2,1-2H3. The summed E-state index contributed by atoms with van der Waals surface area (Å²) in [4.78, 5) is 13.2. The van der Waals surface area contributed by atoms with E-state index in [-0.39, 0.29) is 17.5 Å². The molecule has 1 heterocycles. The molecule has 1 aliphatic carbocycles. The van der Waals surface area contributed by atoms with Gasteiger partial charge in [0.05, 0.1) is 5.57 Å². The monoisotopic (exact) mass is 426 g/mol. The van der Waals surface area contributed by atoms with Gasteiger partial charge >= 0.3 is 0 Å². The van der Waals surface area contributed by atoms with Crippen molar-refractivity contribution in [3.8, 4) is 11.5 Å². The van der Waals surface area contributed by atoms with Gasteiger partial charge in [-0.25, -0.2) is 0 Å². The molecule has 0 spiro atoms. The molecule has 0 bridgehead atoms. The number of ether oxygens (including phenoxy) is 2. The zero-order valence-electron chi connectivity index (χ0n) is 17.4. The van der Waals surface area contributed by atoms with E-state index in [0.29, 0.717) is 34.4 Å². The summed E-state index contributed by atoms with van der Waals surface area (Å²) >= 11 is 5.94. The Balaban J connectivity index is 1.54. The van der Waals surface area contributed by atoms with Crippen LogP contribution in [0.2, 0.25) is 5.02 Å². The number of aryl methyl sites for hydroxylation is 2. The lowest BCUT2D eigenvalue weighted by atomic mass is 9.85. The Labute approximate surface area is 182 Å². The van der Waals surface area contributed by atoms with Gasteiger partial charge in [0, 0.05) is 30.6 Å². The summed E-state index contributed by atoms with van der Waals surface area (Å²) in [5.74, 6) is 2.04. The molecule has 1 unspecified atom stereocenters. The molecule has 0 saturated carbocycles. The maximum Gasteiger partial charge on any atom is 0.170 e. The average Bonchev–Trinajstić information content (AvgIpc) is 2.98. The summed E-state index contributed by atoms with van der Waals surface area (Å²) < 4.78 is 11.4. The SMILES string of the molecule is Cc1cc(Oc2ccc(Cl)cc2)cc(C)c1C1=C(O)CC(CC2CCOCC2)C1=O. The number of halogens is 1. The fourth-order valence-electron chi connectivity index (χ4n) is 4.63. The Morgan fingerprint density at radius 3 is 2.33 bits per heavy atom. The number of hydrogen-bond donors (Lipinski definition) is 1. The van der Waals surface area contributed by atoms with Gasteiger partial charge in [-0.05, 0) is 92.1 Å². The molecule has 2 aromatic rings. The lowest BCUT2D eigenvalue weighted by molar-refractivity contribution is -0.117. The molecule has 1 aliphatic heterocycles. The van der Waals surface area contributed by atoms with Gasteiger partial charge in [0.1, 0.15) is 17.3 Å². The molecule has 0 amide bonds. The summed E-state index contributed by atoms with van der Waals surface area (Å²) in [5.41, 5.74) is 3.15. The van der Waals surface area contributed by atoms with Gasteiger partial charge < -0.3 is 14.6 Å². The molecule has 30 heavy (non-hydrogen) atoms. The topological polar surface area (TPSA) is 55.8 Å². The highest BCUT2D eigenvalue weighted by Crippen LogP contribution is 2.41. The van der Waals surface area contributed by atoms with Crippen molar-refractivity contribution in [2.75, 3.05) is 13.2 Å². The van der Waals surface area contributed by atoms with Crippen molar-refractivity contribution >= 4 is 23.0 Å². The van der Waals surface area contributed by atoms with E-state index in [2.05, 4.69) is 0 Å². The third-order valence-corrected chi connectivity index (χ3v) is 6.36. The highest BCUT2D eigenvalue weighted by molar-refractivity contribution is 6.30. The normalized spacial score (nSPS) is 20.1. The molecule has 2 aromatic carbocycles. The van der Waals surface area contributed by atoms with E-state index < -0.39 is 0 Å². The number of carbonyl (C=O) groups excluding carboxylic acids is 1. The van der Waals surface area contributed by atoms with E-state index in [9.17, 15) is 9.90 Å². The summed E-state index contributed by atoms with van der Waals surface area (Å²) in [6.45, 7) is 5.45. The first kappa shape index (κ1) is 21.0. The highest BCUT2D eigenvalue weighted by Gasteiger charge is 2.36. The minimum Gasteiger partial charge on any atom is -0.512 e. The van der Waals surface area contributed by atoms with Crippen molar-refractivity contribution < 1.29 is 19.4 Å². The molecule has 5 heteroatoms. The molecule has 1 atom stereocenters. The van der Waals surface area contributed by atoms with Gasteiger partial charge in [-0.1, -0.05) is 11.6 Å². The van der Waals surface area contributed by atoms with Crippen molar-refractivity contribution in [1.82, 2.24) is 0 Å². The van der Waals surface area contributed by atoms with Gasteiger partial charge in [0.15, 0.2) is 5.78 Å². The second-order valence-electron chi connectivity index (χ2n) is 8.37. The Morgan fingerprint density at radius 2 is 1.70 bits per heavy atom. The second kappa shape index (κ2) is 8.83. The van der Waals surface area contributed by atoms with Crippen LogP contribution in [0.5, 0.6) is 11.5 Å². The van der Waals surface area contributed by atoms with E-state index in [1.807, 2.05) is 38.1 Å². The number of Topliss-reactive ketones (excluding diaryl/α,β-unsaturated/α-hetero) is 1. The highest BCUT2D eigenvalue weighted by atomic mass is 35.5. The molecule has 0 aromatic heterocycles. The fourth-order valence-corrected chi connectivity index (χ4v) is 4.76. The van der Waals surface area contributed by atoms with E-state index in [4.69, 9.17) is 21.1 Å². The van der Waals surface area contributed by atoms with Crippen LogP contribution in [-0.2, 0) is 9.53 Å². The average molecular weight is 427 g/mol. The number of benzene rings is 2. The largest absolute Gasteiger partial charge is 0.512 e. The summed E-state index contributed by atoms with van der Waals surface area (Å²) in [7, 11) is 0. The molecule has 1 saturated heterocycles. The number of allylic oxidation sites excluding steroid dienone is 2. The van der Waals surface area contributed by atoms with Crippen molar-refractivity contribution in [2.45, 2.75) is 39.5 Å². The first-order valence-electron chi connectivity index (χ1n) is 10.5. The molecule has 158 valence electrons. The first-order valence-corrected chi connectivity index (χ1v) is 10.9. The van der Waals surface area contributed by atoms with Crippen LogP contribution in [0.1, 0.15) is 42.4 Å². The molecule has 1 N–H and O–H groups in total. The zero-order chi connectivity index (χ0) is 21.3. The maximum atomic E-state index is 13.2. The lowest BCUT2D eigenvalue weighted by Crippen LogP contribution is -2.21. The predicted molar refractivity (Wildman–Crippen MR) is 118 cm³/mol. The summed E-state index contributed by atoms with van der Waals surface area (Å²) in [5, 5.41) is 11.3. The second-order valence-corrected chi connectivity index (χ2v) is 8.80. The van der Waals surface area contributed by atoms with Crippen LogP contribution in [0.15, 0.2) is 42.2 Å². The lowest BCUT2D eigenvalue weighted by Gasteiger charge is -2.24. The van der Waals surface area contributed by atoms with Crippen LogP contribution >= 0.6 is 11.6 Å². The Hall–Kier alpha value is -2.30. The van der Waals surface area contributed by atoms with Gasteiger partial charge in [-0.2, -0.15) is 0 Å². The van der Waals surface area contributed by atoms with Gasteiger partial charge in [-0.15, -0.1) is 0 Å². The predicted octanol–water partition coefficient (Wildman–Crippen LogP) is 6.42. The number of aliphatic hydroxyl groups excluding tert-OH is 1. The molecule has 2 aliphatic rings. The number of carbonyl (C=O) groups is 1. The number of rotatable bonds is 5. The Bertz CT molecular complexity index is 948. The minimum absolute atomic E-state index is 0.0663. The van der Waals surface area contributed by atoms with E-state index in [1.54, 1.807) is 12.1 Å². The van der Waals surface area contributed by atoms with E-state index in [0.717, 1.165) is 49.2 Å². The Morgan fingerprint density at radius 1 is 1.07 bits per heavy atom. The zero-order valence-corrected chi connectivity index (χ0v) is 18.2. The molecule has 4 rings (SSSR count). The first-order chi connectivity index (χ1) is 14.4. The fraction of sp³-hybridized carbons (Fsp3) is 0.400. The van der Waals surface area contributed by atoms with Crippen LogP contribution in [-0.4, -0.2) is 24.1 Å². The van der Waals surface area contributed by atoms with Crippen LogP contribution in [0.25, 0.3) is 5.57 Å². The quantitative estimate of drug-likeness (QED) is 0.599. The third kappa shape index (κ3) is 4.40. The molecule has 1 fully saturated rings. The van der Waals surface area contributed by atoms with Crippen molar-refractivity contribution in [3.05, 3.63) is 63.9 Å². The maximum absolute atomic E-state index is 13.2. The van der Waals surface area contributed by atoms with E-state index >= 15 is 0 Å². The molecule has 0 radical (unpaired) electrons. The van der Waals surface area contributed by atoms with Crippen molar-refractivity contribution in [1.29, 1.82) is 0 Å². The van der Waals surface area contributed by atoms with Gasteiger partial charge in [-0.3, -0.25) is 4.79 Å². The van der Waals surface area contributed by atoms with Gasteiger partial charge in [0.2, 0.25) is 0 Å². The Kier molecular flexibility index (Phi) is 6.16. The smallest absolute Gasteiger partial charge is 0.170 e. The van der Waals surface area contributed by atoms with Gasteiger partial charge in [0.25, 0.3) is 0 Å². The summed E-state index contributed by atoms with van der Waals surface area (Å²) in [6, 6.07) is 11.0. The number of aliphatic hydroxyl groups is 1. The molecular formula is C25H27ClO4. The summed E-state index contributed by atoms with van der Waals surface area (Å²) in [6.07, 6.45) is 3.25. The molecular weight excluding hydrogens is 400 g/mol. The van der Waals surface area contributed by atoms with Crippen molar-refractivity contribution in [3.63, 3.8) is 0 Å². The minimum atomic E-state index is -0.133.